The molecule has 1 heterocycles. The van der Waals surface area contributed by atoms with Crippen molar-refractivity contribution in [1.82, 2.24) is 4.57 Å². The predicted octanol–water partition coefficient (Wildman–Crippen LogP) is 3.24. The smallest absolute Gasteiger partial charge is 0.338 e. The summed E-state index contributed by atoms with van der Waals surface area (Å²) in [4.78, 5) is 0. The third-order valence-electron chi connectivity index (χ3n) is 3.66. The Bertz CT molecular complexity index is 567. The second-order valence-electron chi connectivity index (χ2n) is 5.45. The average Bonchev–Trinajstić information content (AvgIpc) is 2.94. The van der Waals surface area contributed by atoms with Crippen LogP contribution in [0.3, 0.4) is 0 Å². The van der Waals surface area contributed by atoms with Gasteiger partial charge in [-0.25, -0.2) is 0 Å². The lowest BCUT2D eigenvalue weighted by Crippen LogP contribution is -2.24. The van der Waals surface area contributed by atoms with Crippen LogP contribution in [0.15, 0.2) is 30.5 Å². The first-order chi connectivity index (χ1) is 8.86. The molecule has 2 nitrogen and oxygen atoms in total. The van der Waals surface area contributed by atoms with E-state index in [1.807, 2.05) is 12.1 Å². The maximum atomic E-state index is 12.6. The summed E-state index contributed by atoms with van der Waals surface area (Å²) in [5, 5.41) is 0.878. The van der Waals surface area contributed by atoms with Crippen LogP contribution in [0.25, 0.3) is 10.9 Å². The van der Waals surface area contributed by atoms with E-state index < -0.39 is 12.7 Å². The number of para-hydroxylation sites is 1. The van der Waals surface area contributed by atoms with Crippen molar-refractivity contribution in [2.45, 2.75) is 37.5 Å². The van der Waals surface area contributed by atoms with Crippen molar-refractivity contribution in [3.63, 3.8) is 0 Å². The van der Waals surface area contributed by atoms with E-state index in [4.69, 9.17) is 5.73 Å². The lowest BCUT2D eigenvalue weighted by atomic mass is 10.0. The molecule has 5 heteroatoms. The van der Waals surface area contributed by atoms with E-state index in [0.717, 1.165) is 23.8 Å². The number of hydrogen-bond donors (Lipinski definition) is 1. The minimum Gasteiger partial charge on any atom is -0.338 e. The zero-order valence-corrected chi connectivity index (χ0v) is 10.4. The summed E-state index contributed by atoms with van der Waals surface area (Å²) in [5.41, 5.74) is 7.41. The number of aromatic nitrogens is 1. The molecule has 0 spiro atoms. The molecule has 0 atom stereocenters. The van der Waals surface area contributed by atoms with Gasteiger partial charge in [0.15, 0.2) is 0 Å². The average molecular weight is 268 g/mol. The molecule has 102 valence electrons. The van der Waals surface area contributed by atoms with Crippen LogP contribution >= 0.6 is 0 Å². The van der Waals surface area contributed by atoms with Crippen LogP contribution in [-0.4, -0.2) is 16.3 Å². The van der Waals surface area contributed by atoms with E-state index in [1.165, 1.54) is 4.57 Å². The van der Waals surface area contributed by atoms with Crippen LogP contribution in [0, 0.1) is 0 Å². The molecule has 2 N–H and O–H groups in total. The fourth-order valence-corrected chi connectivity index (χ4v) is 2.50. The van der Waals surface area contributed by atoms with Gasteiger partial charge in [-0.05, 0) is 30.9 Å². The van der Waals surface area contributed by atoms with Gasteiger partial charge in [-0.3, -0.25) is 0 Å². The molecule has 0 unspecified atom stereocenters. The highest BCUT2D eigenvalue weighted by Crippen LogP contribution is 2.38. The number of rotatable bonds is 3. The van der Waals surface area contributed by atoms with Gasteiger partial charge in [-0.2, -0.15) is 13.2 Å². The first-order valence-electron chi connectivity index (χ1n) is 6.29. The van der Waals surface area contributed by atoms with Crippen LogP contribution in [0.5, 0.6) is 0 Å². The normalized spacial score (nSPS) is 17.9. The van der Waals surface area contributed by atoms with Crippen molar-refractivity contribution in [2.24, 2.45) is 5.73 Å². The molecule has 1 aliphatic rings. The monoisotopic (exact) mass is 268 g/mol. The summed E-state index contributed by atoms with van der Waals surface area (Å²) in [7, 11) is 0. The van der Waals surface area contributed by atoms with Gasteiger partial charge >= 0.3 is 6.18 Å². The number of nitrogens with two attached hydrogens (primary N) is 1. The molecule has 1 aliphatic carbocycles. The third-order valence-corrected chi connectivity index (χ3v) is 3.66. The Morgan fingerprint density at radius 3 is 2.53 bits per heavy atom. The van der Waals surface area contributed by atoms with Gasteiger partial charge in [-0.15, -0.1) is 0 Å². The largest absolute Gasteiger partial charge is 0.406 e. The molecule has 1 fully saturated rings. The van der Waals surface area contributed by atoms with E-state index in [-0.39, 0.29) is 5.54 Å². The van der Waals surface area contributed by atoms with E-state index in [1.54, 1.807) is 18.3 Å². The van der Waals surface area contributed by atoms with Gasteiger partial charge in [0, 0.05) is 22.6 Å². The highest BCUT2D eigenvalue weighted by Gasteiger charge is 2.39. The number of fused-ring (bicyclic) bond motifs is 1. The molecule has 1 saturated carbocycles. The van der Waals surface area contributed by atoms with Crippen LogP contribution in [0.2, 0.25) is 0 Å². The van der Waals surface area contributed by atoms with Crippen LogP contribution < -0.4 is 5.73 Å². The zero-order valence-electron chi connectivity index (χ0n) is 10.4. The Morgan fingerprint density at radius 2 is 1.89 bits per heavy atom. The van der Waals surface area contributed by atoms with E-state index >= 15 is 0 Å². The van der Waals surface area contributed by atoms with Crippen molar-refractivity contribution in [2.75, 3.05) is 0 Å². The van der Waals surface area contributed by atoms with Gasteiger partial charge in [-0.1, -0.05) is 18.2 Å². The number of benzene rings is 1. The molecule has 1 aromatic heterocycles. The van der Waals surface area contributed by atoms with Crippen molar-refractivity contribution in [1.29, 1.82) is 0 Å². The summed E-state index contributed by atoms with van der Waals surface area (Å²) >= 11 is 0. The fourth-order valence-electron chi connectivity index (χ4n) is 2.50. The predicted molar refractivity (Wildman–Crippen MR) is 67.8 cm³/mol. The summed E-state index contributed by atoms with van der Waals surface area (Å²) in [6.07, 6.45) is -0.0555. The minimum atomic E-state index is -4.21. The van der Waals surface area contributed by atoms with Gasteiger partial charge in [0.1, 0.15) is 6.54 Å². The van der Waals surface area contributed by atoms with Crippen LogP contribution in [0.1, 0.15) is 18.4 Å². The second-order valence-corrected chi connectivity index (χ2v) is 5.45. The van der Waals surface area contributed by atoms with E-state index in [2.05, 4.69) is 0 Å². The van der Waals surface area contributed by atoms with E-state index in [0.29, 0.717) is 11.9 Å². The van der Waals surface area contributed by atoms with Crippen molar-refractivity contribution in [3.05, 3.63) is 36.0 Å². The van der Waals surface area contributed by atoms with Gasteiger partial charge in [0.25, 0.3) is 0 Å². The molecule has 1 aromatic carbocycles. The minimum absolute atomic E-state index is 0.201. The van der Waals surface area contributed by atoms with E-state index in [9.17, 15) is 13.2 Å². The highest BCUT2D eigenvalue weighted by atomic mass is 19.4. The Balaban J connectivity index is 2.02. The molecule has 0 bridgehead atoms. The highest BCUT2D eigenvalue weighted by molar-refractivity contribution is 5.84. The zero-order chi connectivity index (χ0) is 13.7. The third kappa shape index (κ3) is 2.61. The Kier molecular flexibility index (Phi) is 2.64. The summed E-state index contributed by atoms with van der Waals surface area (Å²) in [6.45, 7) is -0.953. The molecule has 3 rings (SSSR count). The summed E-state index contributed by atoms with van der Waals surface area (Å²) in [5.74, 6) is 0. The topological polar surface area (TPSA) is 30.9 Å². The molecule has 0 amide bonds. The quantitative estimate of drug-likeness (QED) is 0.910. The second kappa shape index (κ2) is 4.00. The molecule has 0 radical (unpaired) electrons. The lowest BCUT2D eigenvalue weighted by molar-refractivity contribution is -0.139. The van der Waals surface area contributed by atoms with Crippen molar-refractivity contribution < 1.29 is 13.2 Å². The Labute approximate surface area is 109 Å². The number of alkyl halides is 3. The standard InChI is InChI=1S/C14H15F3N2/c15-14(16,17)9-19-8-10(7-13(18)5-6-13)11-3-1-2-4-12(11)19/h1-4,8H,5-7,9,18H2. The van der Waals surface area contributed by atoms with Gasteiger partial charge in [0.05, 0.1) is 0 Å². The summed E-state index contributed by atoms with van der Waals surface area (Å²) < 4.78 is 39.0. The maximum Gasteiger partial charge on any atom is 0.406 e. The SMILES string of the molecule is NC1(Cc2cn(CC(F)(F)F)c3ccccc23)CC1. The maximum absolute atomic E-state index is 12.6. The fraction of sp³-hybridized carbons (Fsp3) is 0.429. The summed E-state index contributed by atoms with van der Waals surface area (Å²) in [6, 6.07) is 7.19. The molecular weight excluding hydrogens is 253 g/mol. The Morgan fingerprint density at radius 1 is 1.21 bits per heavy atom. The molecule has 19 heavy (non-hydrogen) atoms. The Hall–Kier alpha value is -1.49. The number of halogens is 3. The first kappa shape index (κ1) is 12.5. The van der Waals surface area contributed by atoms with Crippen molar-refractivity contribution >= 4 is 10.9 Å². The molecular formula is C14H15F3N2. The van der Waals surface area contributed by atoms with Crippen LogP contribution in [-0.2, 0) is 13.0 Å². The number of hydrogen-bond acceptors (Lipinski definition) is 1. The molecule has 0 saturated heterocycles. The van der Waals surface area contributed by atoms with Gasteiger partial charge < -0.3 is 10.3 Å². The first-order valence-corrected chi connectivity index (χ1v) is 6.29. The molecule has 0 aliphatic heterocycles. The number of nitrogens with zero attached hydrogens (tertiary/aromatic N) is 1. The van der Waals surface area contributed by atoms with Crippen LogP contribution in [0.4, 0.5) is 13.2 Å². The lowest BCUT2D eigenvalue weighted by Gasteiger charge is -2.08. The van der Waals surface area contributed by atoms with Crippen molar-refractivity contribution in [3.8, 4) is 0 Å². The van der Waals surface area contributed by atoms with Gasteiger partial charge in [0.2, 0.25) is 0 Å². The molecule has 2 aromatic rings.